The predicted molar refractivity (Wildman–Crippen MR) is 153 cm³/mol. The maximum absolute atomic E-state index is 13.6. The smallest absolute Gasteiger partial charge is 0.242 e. The summed E-state index contributed by atoms with van der Waals surface area (Å²) < 4.78 is 0. The molecule has 0 spiro atoms. The van der Waals surface area contributed by atoms with Crippen LogP contribution in [0.2, 0.25) is 0 Å². The lowest BCUT2D eigenvalue weighted by Gasteiger charge is -2.18. The Kier molecular flexibility index (Phi) is 7.63. The molecular formula is C32H26N2O2S. The summed E-state index contributed by atoms with van der Waals surface area (Å²) >= 11 is 1.46. The average molecular weight is 503 g/mol. The number of amides is 2. The van der Waals surface area contributed by atoms with Crippen molar-refractivity contribution in [1.29, 1.82) is 0 Å². The number of carbonyl (C=O) groups is 2. The fourth-order valence-corrected chi connectivity index (χ4v) is 5.29. The highest BCUT2D eigenvalue weighted by atomic mass is 32.2. The van der Waals surface area contributed by atoms with Crippen LogP contribution in [0.3, 0.4) is 0 Å². The quantitative estimate of drug-likeness (QED) is 0.216. The van der Waals surface area contributed by atoms with Crippen LogP contribution in [0.1, 0.15) is 16.4 Å². The summed E-state index contributed by atoms with van der Waals surface area (Å²) in [6, 6.07) is 40.9. The van der Waals surface area contributed by atoms with Gasteiger partial charge in [-0.1, -0.05) is 103 Å². The predicted octanol–water partition coefficient (Wildman–Crippen LogP) is 7.49. The van der Waals surface area contributed by atoms with Gasteiger partial charge in [0.25, 0.3) is 0 Å². The average Bonchev–Trinajstić information content (AvgIpc) is 2.93. The molecule has 5 aromatic rings. The molecule has 0 aromatic heterocycles. The Hall–Kier alpha value is -4.35. The molecule has 2 amide bonds. The van der Waals surface area contributed by atoms with Crippen molar-refractivity contribution in [2.75, 3.05) is 10.6 Å². The summed E-state index contributed by atoms with van der Waals surface area (Å²) in [5.41, 5.74) is 3.35. The molecule has 0 bridgehead atoms. The van der Waals surface area contributed by atoms with E-state index in [0.717, 1.165) is 32.5 Å². The van der Waals surface area contributed by atoms with Crippen LogP contribution in [0, 0.1) is 0 Å². The molecule has 5 heteroatoms. The molecule has 0 saturated heterocycles. The number of carbonyl (C=O) groups excluding carboxylic acids is 2. The van der Waals surface area contributed by atoms with Crippen molar-refractivity contribution in [2.24, 2.45) is 0 Å². The van der Waals surface area contributed by atoms with E-state index in [1.54, 1.807) is 0 Å². The first-order valence-corrected chi connectivity index (χ1v) is 13.0. The number of fused-ring (bicyclic) bond motifs is 1. The highest BCUT2D eigenvalue weighted by Crippen LogP contribution is 2.37. The van der Waals surface area contributed by atoms with Crippen molar-refractivity contribution in [3.63, 3.8) is 0 Å². The molecule has 0 aliphatic carbocycles. The minimum absolute atomic E-state index is 0.0818. The maximum Gasteiger partial charge on any atom is 0.242 e. The summed E-state index contributed by atoms with van der Waals surface area (Å²) in [4.78, 5) is 27.1. The summed E-state index contributed by atoms with van der Waals surface area (Å²) in [6.45, 7) is 0. The first-order chi connectivity index (χ1) is 18.2. The molecule has 0 radical (unpaired) electrons. The van der Waals surface area contributed by atoms with E-state index in [9.17, 15) is 9.59 Å². The van der Waals surface area contributed by atoms with Crippen LogP contribution in [0.4, 0.5) is 11.4 Å². The van der Waals surface area contributed by atoms with Crippen LogP contribution in [-0.2, 0) is 16.0 Å². The first kappa shape index (κ1) is 24.3. The molecule has 5 rings (SSSR count). The molecule has 37 heavy (non-hydrogen) atoms. The number of hydrogen-bond acceptors (Lipinski definition) is 3. The first-order valence-electron chi connectivity index (χ1n) is 12.1. The number of hydrogen-bond donors (Lipinski definition) is 2. The zero-order valence-electron chi connectivity index (χ0n) is 20.1. The van der Waals surface area contributed by atoms with Crippen molar-refractivity contribution in [1.82, 2.24) is 0 Å². The van der Waals surface area contributed by atoms with Crippen LogP contribution < -0.4 is 10.6 Å². The molecular weight excluding hydrogens is 476 g/mol. The molecule has 1 unspecified atom stereocenters. The van der Waals surface area contributed by atoms with Gasteiger partial charge < -0.3 is 10.6 Å². The Morgan fingerprint density at radius 3 is 2.16 bits per heavy atom. The molecule has 5 aromatic carbocycles. The monoisotopic (exact) mass is 502 g/mol. The lowest BCUT2D eigenvalue weighted by molar-refractivity contribution is -0.116. The van der Waals surface area contributed by atoms with Crippen LogP contribution in [0.15, 0.2) is 132 Å². The van der Waals surface area contributed by atoms with Crippen molar-refractivity contribution in [2.45, 2.75) is 16.6 Å². The van der Waals surface area contributed by atoms with Crippen LogP contribution in [0.25, 0.3) is 10.8 Å². The third-order valence-corrected chi connectivity index (χ3v) is 7.22. The van der Waals surface area contributed by atoms with Gasteiger partial charge in [0.2, 0.25) is 11.8 Å². The van der Waals surface area contributed by atoms with Gasteiger partial charge in [0.15, 0.2) is 0 Å². The summed E-state index contributed by atoms with van der Waals surface area (Å²) in [7, 11) is 0. The zero-order valence-corrected chi connectivity index (χ0v) is 21.0. The number of nitrogens with one attached hydrogen (secondary N) is 2. The normalized spacial score (nSPS) is 11.6. The van der Waals surface area contributed by atoms with Gasteiger partial charge in [-0.2, -0.15) is 0 Å². The van der Waals surface area contributed by atoms with Crippen molar-refractivity contribution < 1.29 is 9.59 Å². The highest BCUT2D eigenvalue weighted by Gasteiger charge is 2.23. The Morgan fingerprint density at radius 1 is 0.676 bits per heavy atom. The van der Waals surface area contributed by atoms with E-state index in [1.807, 2.05) is 127 Å². The van der Waals surface area contributed by atoms with Crippen molar-refractivity contribution in [3.05, 3.63) is 139 Å². The lowest BCUT2D eigenvalue weighted by Crippen LogP contribution is -2.19. The van der Waals surface area contributed by atoms with E-state index in [-0.39, 0.29) is 11.8 Å². The molecule has 4 nitrogen and oxygen atoms in total. The maximum atomic E-state index is 13.6. The Balaban J connectivity index is 1.35. The molecule has 2 N–H and O–H groups in total. The molecule has 0 aliphatic heterocycles. The van der Waals surface area contributed by atoms with Crippen molar-refractivity contribution >= 4 is 45.7 Å². The number of anilines is 2. The molecule has 1 atom stereocenters. The molecule has 0 fully saturated rings. The van der Waals surface area contributed by atoms with Gasteiger partial charge >= 0.3 is 0 Å². The van der Waals surface area contributed by atoms with E-state index < -0.39 is 5.25 Å². The van der Waals surface area contributed by atoms with E-state index in [2.05, 4.69) is 10.6 Å². The third kappa shape index (κ3) is 6.26. The Labute approximate surface area is 220 Å². The van der Waals surface area contributed by atoms with E-state index in [4.69, 9.17) is 0 Å². The van der Waals surface area contributed by atoms with Crippen LogP contribution in [0.5, 0.6) is 0 Å². The Morgan fingerprint density at radius 2 is 1.35 bits per heavy atom. The topological polar surface area (TPSA) is 58.2 Å². The highest BCUT2D eigenvalue weighted by molar-refractivity contribution is 8.00. The van der Waals surface area contributed by atoms with E-state index >= 15 is 0 Å². The van der Waals surface area contributed by atoms with Gasteiger partial charge in [0, 0.05) is 21.7 Å². The van der Waals surface area contributed by atoms with Gasteiger partial charge in [-0.05, 0) is 40.8 Å². The van der Waals surface area contributed by atoms with Gasteiger partial charge in [-0.25, -0.2) is 0 Å². The largest absolute Gasteiger partial charge is 0.326 e. The second kappa shape index (κ2) is 11.6. The van der Waals surface area contributed by atoms with Gasteiger partial charge in [-0.15, -0.1) is 11.8 Å². The summed E-state index contributed by atoms with van der Waals surface area (Å²) in [5, 5.41) is 7.72. The molecule has 0 heterocycles. The minimum Gasteiger partial charge on any atom is -0.326 e. The summed E-state index contributed by atoms with van der Waals surface area (Å²) in [5.74, 6) is -0.187. The fraction of sp³-hybridized carbons (Fsp3) is 0.0625. The summed E-state index contributed by atoms with van der Waals surface area (Å²) in [6.07, 6.45) is 0.304. The molecule has 182 valence electrons. The number of benzene rings is 5. The van der Waals surface area contributed by atoms with Gasteiger partial charge in [-0.3, -0.25) is 9.59 Å². The van der Waals surface area contributed by atoms with Gasteiger partial charge in [0.1, 0.15) is 5.25 Å². The Bertz CT molecular complexity index is 1510. The lowest BCUT2D eigenvalue weighted by atomic mass is 10.1. The van der Waals surface area contributed by atoms with Crippen LogP contribution >= 0.6 is 11.8 Å². The second-order valence-corrected chi connectivity index (χ2v) is 9.84. The SMILES string of the molecule is O=C(Cc1ccccc1)Nc1cccc(SC(C(=O)Nc2cccc3ccccc23)c2ccccc2)c1. The number of rotatable bonds is 8. The number of thioether (sulfide) groups is 1. The van der Waals surface area contributed by atoms with Crippen LogP contribution in [-0.4, -0.2) is 11.8 Å². The third-order valence-electron chi connectivity index (χ3n) is 5.97. The van der Waals surface area contributed by atoms with E-state index in [1.165, 1.54) is 11.8 Å². The fourth-order valence-electron chi connectivity index (χ4n) is 4.20. The van der Waals surface area contributed by atoms with E-state index in [0.29, 0.717) is 12.1 Å². The second-order valence-electron chi connectivity index (χ2n) is 8.66. The van der Waals surface area contributed by atoms with Crippen molar-refractivity contribution in [3.8, 4) is 0 Å². The van der Waals surface area contributed by atoms with Gasteiger partial charge in [0.05, 0.1) is 6.42 Å². The zero-order chi connectivity index (χ0) is 25.5. The standard InChI is InChI=1S/C32H26N2O2S/c35-30(21-23-11-3-1-4-12-23)33-26-17-10-18-27(22-26)37-31(25-14-5-2-6-15-25)32(36)34-29-20-9-16-24-13-7-8-19-28(24)29/h1-20,22,31H,21H2,(H,33,35)(H,34,36). The molecule has 0 aliphatic rings. The minimum atomic E-state index is -0.476. The molecule has 0 saturated carbocycles.